The van der Waals surface area contributed by atoms with Gasteiger partial charge in [-0.15, -0.1) is 0 Å². The van der Waals surface area contributed by atoms with Crippen molar-refractivity contribution < 1.29 is 36.2 Å². The number of aryl methyl sites for hydroxylation is 1. The maximum atomic E-state index is 14.2. The standard InChI is InChI=1S/C39H40F4N4O5/c1-38(2)9-7-25-17-28-30(39(41,42)43)20-34(48)52-33(28)21-32(25)47(38)12-14-51-16-15-50-13-11-44-22-23-3-5-24(6-4-23)36-27-8-10-45-37(49)29-18-26(40)19-31(46-36)35(27)29/h3-6,17-21,44,46H,7-16,22H2,1-2H3,(H,45,49). The summed E-state index contributed by atoms with van der Waals surface area (Å²) >= 11 is 0. The highest BCUT2D eigenvalue weighted by Crippen LogP contribution is 2.42. The van der Waals surface area contributed by atoms with Crippen LogP contribution in [0.25, 0.3) is 33.1 Å². The summed E-state index contributed by atoms with van der Waals surface area (Å²) in [5, 5.41) is 6.89. The number of halogens is 4. The molecule has 3 aromatic carbocycles. The largest absolute Gasteiger partial charge is 0.423 e. The van der Waals surface area contributed by atoms with E-state index in [4.69, 9.17) is 13.9 Å². The summed E-state index contributed by atoms with van der Waals surface area (Å²) in [5.41, 5.74) is 4.08. The Morgan fingerprint density at radius 1 is 0.962 bits per heavy atom. The van der Waals surface area contributed by atoms with Gasteiger partial charge in [0.25, 0.3) is 5.91 Å². The number of H-pyrrole nitrogens is 1. The molecule has 2 aromatic heterocycles. The Balaban J connectivity index is 0.857. The number of carbonyl (C=O) groups excluding carboxylic acids is 1. The molecule has 0 spiro atoms. The van der Waals surface area contributed by atoms with Gasteiger partial charge in [-0.25, -0.2) is 9.18 Å². The van der Waals surface area contributed by atoms with Gasteiger partial charge in [0.05, 0.1) is 37.6 Å². The molecule has 4 heterocycles. The average molecular weight is 721 g/mol. The van der Waals surface area contributed by atoms with Crippen molar-refractivity contribution in [2.45, 2.75) is 51.4 Å². The van der Waals surface area contributed by atoms with Crippen LogP contribution in [0.15, 0.2) is 63.8 Å². The van der Waals surface area contributed by atoms with Gasteiger partial charge in [0.1, 0.15) is 11.4 Å². The SMILES string of the molecule is CC1(C)CCc2cc3c(C(F)(F)F)cc(=O)oc3cc2N1CCOCCOCCNCc1ccc(-c2[nH]c3cc(F)cc4c3c2CCNC4=O)cc1. The summed E-state index contributed by atoms with van der Waals surface area (Å²) in [6.45, 7) is 8.12. The summed E-state index contributed by atoms with van der Waals surface area (Å²) in [7, 11) is 0. The molecule has 9 nitrogen and oxygen atoms in total. The van der Waals surface area contributed by atoms with Crippen molar-refractivity contribution in [1.82, 2.24) is 15.6 Å². The van der Waals surface area contributed by atoms with Crippen molar-refractivity contribution in [3.05, 3.63) is 98.7 Å². The number of carbonyl (C=O) groups is 1. The number of anilines is 1. The highest BCUT2D eigenvalue weighted by Gasteiger charge is 2.37. The molecule has 0 saturated heterocycles. The predicted octanol–water partition coefficient (Wildman–Crippen LogP) is 6.74. The smallest absolute Gasteiger partial charge is 0.417 e. The third-order valence-corrected chi connectivity index (χ3v) is 9.97. The minimum Gasteiger partial charge on any atom is -0.423 e. The first-order valence-corrected chi connectivity index (χ1v) is 17.4. The van der Waals surface area contributed by atoms with Crippen molar-refractivity contribution in [3.8, 4) is 11.3 Å². The van der Waals surface area contributed by atoms with Crippen LogP contribution in [0.2, 0.25) is 0 Å². The number of hydrogen-bond donors (Lipinski definition) is 3. The van der Waals surface area contributed by atoms with Gasteiger partial charge in [0.2, 0.25) is 0 Å². The lowest BCUT2D eigenvalue weighted by atomic mass is 9.86. The highest BCUT2D eigenvalue weighted by atomic mass is 19.4. The number of hydrogen-bond acceptors (Lipinski definition) is 7. The molecule has 5 aromatic rings. The van der Waals surface area contributed by atoms with Crippen LogP contribution in [0, 0.1) is 5.82 Å². The van der Waals surface area contributed by atoms with Crippen LogP contribution in [-0.2, 0) is 35.0 Å². The summed E-state index contributed by atoms with van der Waals surface area (Å²) in [6.07, 6.45) is -2.66. The summed E-state index contributed by atoms with van der Waals surface area (Å²) < 4.78 is 72.0. The monoisotopic (exact) mass is 720 g/mol. The lowest BCUT2D eigenvalue weighted by Gasteiger charge is -2.45. The summed E-state index contributed by atoms with van der Waals surface area (Å²) in [5.74, 6) is -0.715. The molecular weight excluding hydrogens is 680 g/mol. The zero-order chi connectivity index (χ0) is 36.6. The Kier molecular flexibility index (Phi) is 9.85. The van der Waals surface area contributed by atoms with Crippen LogP contribution in [-0.4, -0.2) is 62.5 Å². The van der Waals surface area contributed by atoms with E-state index >= 15 is 0 Å². The molecule has 2 aliphatic rings. The van der Waals surface area contributed by atoms with E-state index in [0.717, 1.165) is 45.4 Å². The molecular formula is C39H40F4N4O5. The van der Waals surface area contributed by atoms with E-state index in [9.17, 15) is 27.2 Å². The fourth-order valence-corrected chi connectivity index (χ4v) is 7.33. The molecule has 0 saturated carbocycles. The number of fused-ring (bicyclic) bond motifs is 2. The minimum absolute atomic E-state index is 0.0823. The Labute approximate surface area is 297 Å². The Morgan fingerprint density at radius 2 is 1.73 bits per heavy atom. The lowest BCUT2D eigenvalue weighted by molar-refractivity contribution is -0.136. The summed E-state index contributed by atoms with van der Waals surface area (Å²) in [6, 6.07) is 14.4. The Morgan fingerprint density at radius 3 is 2.50 bits per heavy atom. The van der Waals surface area contributed by atoms with Gasteiger partial charge in [0, 0.05) is 71.5 Å². The molecule has 2 aliphatic heterocycles. The first-order chi connectivity index (χ1) is 24.9. The maximum Gasteiger partial charge on any atom is 0.417 e. The number of benzene rings is 3. The van der Waals surface area contributed by atoms with Crippen LogP contribution in [0.5, 0.6) is 0 Å². The number of rotatable bonds is 12. The quantitative estimate of drug-likeness (QED) is 0.0745. The normalized spacial score (nSPS) is 15.6. The molecule has 0 unspecified atom stereocenters. The molecule has 0 bridgehead atoms. The zero-order valence-corrected chi connectivity index (χ0v) is 29.0. The number of aromatic amines is 1. The fourth-order valence-electron chi connectivity index (χ4n) is 7.33. The number of nitrogens with one attached hydrogen (secondary N) is 3. The molecule has 0 fully saturated rings. The first kappa shape index (κ1) is 35.7. The van der Waals surface area contributed by atoms with Crippen molar-refractivity contribution >= 4 is 33.5 Å². The minimum atomic E-state index is -4.66. The second kappa shape index (κ2) is 14.4. The Bertz CT molecular complexity index is 2170. The van der Waals surface area contributed by atoms with Gasteiger partial charge in [-0.1, -0.05) is 24.3 Å². The van der Waals surface area contributed by atoms with Crippen molar-refractivity contribution in [2.75, 3.05) is 51.0 Å². The van der Waals surface area contributed by atoms with Gasteiger partial charge in [-0.05, 0) is 73.6 Å². The second-order valence-corrected chi connectivity index (χ2v) is 13.9. The van der Waals surface area contributed by atoms with Crippen LogP contribution in [0.3, 0.4) is 0 Å². The van der Waals surface area contributed by atoms with Crippen LogP contribution in [0.1, 0.15) is 52.9 Å². The van der Waals surface area contributed by atoms with E-state index in [0.29, 0.717) is 82.6 Å². The van der Waals surface area contributed by atoms with Gasteiger partial charge < -0.3 is 34.4 Å². The number of ether oxygens (including phenoxy) is 2. The first-order valence-electron chi connectivity index (χ1n) is 17.4. The van der Waals surface area contributed by atoms with Gasteiger partial charge in [0.15, 0.2) is 0 Å². The van der Waals surface area contributed by atoms with Crippen LogP contribution < -0.4 is 21.2 Å². The fraction of sp³-hybridized carbons (Fsp3) is 0.385. The molecule has 0 atom stereocenters. The molecule has 1 amide bonds. The predicted molar refractivity (Wildman–Crippen MR) is 190 cm³/mol. The van der Waals surface area contributed by atoms with Crippen molar-refractivity contribution in [1.29, 1.82) is 0 Å². The number of amides is 1. The van der Waals surface area contributed by atoms with E-state index in [1.54, 1.807) is 6.07 Å². The molecule has 52 heavy (non-hydrogen) atoms. The van der Waals surface area contributed by atoms with E-state index in [2.05, 4.69) is 34.4 Å². The molecule has 0 aliphatic carbocycles. The van der Waals surface area contributed by atoms with E-state index in [1.165, 1.54) is 18.2 Å². The zero-order valence-electron chi connectivity index (χ0n) is 29.0. The average Bonchev–Trinajstić information content (AvgIpc) is 3.37. The summed E-state index contributed by atoms with van der Waals surface area (Å²) in [4.78, 5) is 29.9. The van der Waals surface area contributed by atoms with Crippen LogP contribution >= 0.6 is 0 Å². The molecule has 274 valence electrons. The lowest BCUT2D eigenvalue weighted by Crippen LogP contribution is -2.49. The molecule has 13 heteroatoms. The third kappa shape index (κ3) is 7.30. The van der Waals surface area contributed by atoms with E-state index in [-0.39, 0.29) is 22.4 Å². The van der Waals surface area contributed by atoms with Crippen molar-refractivity contribution in [2.24, 2.45) is 0 Å². The van der Waals surface area contributed by atoms with Gasteiger partial charge in [-0.3, -0.25) is 4.79 Å². The van der Waals surface area contributed by atoms with Crippen LogP contribution in [0.4, 0.5) is 23.2 Å². The van der Waals surface area contributed by atoms with Gasteiger partial charge >= 0.3 is 11.8 Å². The molecule has 0 radical (unpaired) electrons. The number of alkyl halides is 3. The topological polar surface area (TPSA) is 109 Å². The van der Waals surface area contributed by atoms with E-state index in [1.807, 2.05) is 24.3 Å². The maximum absolute atomic E-state index is 14.2. The Hall–Kier alpha value is -4.72. The second-order valence-electron chi connectivity index (χ2n) is 13.9. The highest BCUT2D eigenvalue weighted by molar-refractivity contribution is 6.10. The molecule has 7 rings (SSSR count). The molecule has 3 N–H and O–H groups in total. The van der Waals surface area contributed by atoms with Crippen molar-refractivity contribution in [3.63, 3.8) is 0 Å². The number of nitrogens with zero attached hydrogens (tertiary/aromatic N) is 1. The third-order valence-electron chi connectivity index (χ3n) is 9.97. The van der Waals surface area contributed by atoms with Gasteiger partial charge in [-0.2, -0.15) is 13.2 Å². The van der Waals surface area contributed by atoms with E-state index < -0.39 is 23.2 Å². The number of aromatic nitrogens is 1.